The molecule has 1 fully saturated rings. The number of fused-ring (bicyclic) bond motifs is 2. The van der Waals surface area contributed by atoms with E-state index in [1.165, 1.54) is 17.7 Å². The van der Waals surface area contributed by atoms with Crippen molar-refractivity contribution in [1.29, 1.82) is 5.26 Å². The van der Waals surface area contributed by atoms with Crippen molar-refractivity contribution in [2.45, 2.75) is 32.1 Å². The quantitative estimate of drug-likeness (QED) is 0.154. The van der Waals surface area contributed by atoms with E-state index in [9.17, 15) is 19.6 Å². The first-order valence-electron chi connectivity index (χ1n) is 12.3. The van der Waals surface area contributed by atoms with Gasteiger partial charge in [-0.05, 0) is 38.0 Å². The van der Waals surface area contributed by atoms with Gasteiger partial charge in [0.15, 0.2) is 12.0 Å². The molecular formula is C25H28N10O4. The van der Waals surface area contributed by atoms with Gasteiger partial charge in [-0.25, -0.2) is 15.4 Å². The smallest absolute Gasteiger partial charge is 0.361 e. The number of nitriles is 1. The van der Waals surface area contributed by atoms with Crippen molar-refractivity contribution in [1.82, 2.24) is 24.2 Å². The largest absolute Gasteiger partial charge is 0.383 e. The summed E-state index contributed by atoms with van der Waals surface area (Å²) in [5.74, 6) is 12.0. The molecule has 2 aliphatic rings. The lowest BCUT2D eigenvalue weighted by Crippen LogP contribution is -2.56. The summed E-state index contributed by atoms with van der Waals surface area (Å²) in [6, 6.07) is 5.54. The van der Waals surface area contributed by atoms with Gasteiger partial charge in [-0.3, -0.25) is 14.3 Å². The fraction of sp³-hybridized carbons (Fsp3) is 0.360. The van der Waals surface area contributed by atoms with Crippen LogP contribution in [0.3, 0.4) is 0 Å². The SMILES string of the molecule is CC#CCN1c2c(n(C)c(=O)n(C(=O)N(N)Oc3c(C#N)ccc4[nH]ccc34)c2=O)NC1N1CCCC(N)C1. The molecule has 1 saturated heterocycles. The minimum atomic E-state index is -1.23. The van der Waals surface area contributed by atoms with Gasteiger partial charge in [0.25, 0.3) is 5.56 Å². The number of nitrogens with zero attached hydrogens (tertiary/aromatic N) is 6. The van der Waals surface area contributed by atoms with Gasteiger partial charge < -0.3 is 25.8 Å². The standard InChI is InChI=1S/C25H28N10O4/c1-3-4-12-33-19-21(30-23(33)32-11-5-6-16(27)14-32)31(2)24(37)34(22(19)36)25(38)35(28)39-20-15(13-26)7-8-18-17(20)9-10-29-18/h7-10,16,23,29-30H,5-6,11-12,14,27-28H2,1-2H3. The first-order chi connectivity index (χ1) is 18.8. The van der Waals surface area contributed by atoms with Gasteiger partial charge in [-0.1, -0.05) is 11.1 Å². The number of amides is 1. The van der Waals surface area contributed by atoms with Crippen LogP contribution in [0, 0.1) is 23.2 Å². The molecule has 14 heteroatoms. The zero-order valence-electron chi connectivity index (χ0n) is 21.5. The maximum Gasteiger partial charge on any atom is 0.383 e. The van der Waals surface area contributed by atoms with Crippen molar-refractivity contribution in [2.75, 3.05) is 29.9 Å². The van der Waals surface area contributed by atoms with E-state index in [4.69, 9.17) is 16.4 Å². The van der Waals surface area contributed by atoms with Crippen LogP contribution >= 0.6 is 0 Å². The molecule has 0 aliphatic carbocycles. The molecule has 202 valence electrons. The molecule has 5 rings (SSSR count). The van der Waals surface area contributed by atoms with Crippen molar-refractivity contribution in [2.24, 2.45) is 18.6 Å². The van der Waals surface area contributed by atoms with Crippen LogP contribution in [0.15, 0.2) is 34.0 Å². The molecule has 0 saturated carbocycles. The molecule has 2 aromatic heterocycles. The molecular weight excluding hydrogens is 504 g/mol. The molecule has 3 aromatic rings. The number of nitrogens with one attached hydrogen (secondary N) is 2. The van der Waals surface area contributed by atoms with Crippen LogP contribution in [0.4, 0.5) is 16.3 Å². The van der Waals surface area contributed by atoms with E-state index >= 15 is 0 Å². The molecule has 2 atom stereocenters. The van der Waals surface area contributed by atoms with Gasteiger partial charge in [0.1, 0.15) is 17.6 Å². The predicted octanol–water partition coefficient (Wildman–Crippen LogP) is -0.000320. The first-order valence-corrected chi connectivity index (χ1v) is 12.3. The number of anilines is 2. The Morgan fingerprint density at radius 2 is 2.10 bits per heavy atom. The summed E-state index contributed by atoms with van der Waals surface area (Å²) in [5, 5.41) is 13.6. The van der Waals surface area contributed by atoms with E-state index in [1.807, 2.05) is 6.07 Å². The summed E-state index contributed by atoms with van der Waals surface area (Å²) >= 11 is 0. The summed E-state index contributed by atoms with van der Waals surface area (Å²) in [6.07, 6.45) is 2.91. The number of carbonyl (C=O) groups is 1. The lowest BCUT2D eigenvalue weighted by atomic mass is 10.1. The minimum absolute atomic E-state index is 0.00106. The van der Waals surface area contributed by atoms with Crippen molar-refractivity contribution in [3.05, 3.63) is 50.8 Å². The number of H-pyrrole nitrogens is 1. The van der Waals surface area contributed by atoms with Gasteiger partial charge in [-0.15, -0.1) is 5.92 Å². The molecule has 0 spiro atoms. The van der Waals surface area contributed by atoms with E-state index < -0.39 is 23.6 Å². The van der Waals surface area contributed by atoms with Crippen molar-refractivity contribution < 1.29 is 9.63 Å². The molecule has 14 nitrogen and oxygen atoms in total. The van der Waals surface area contributed by atoms with E-state index in [-0.39, 0.29) is 40.6 Å². The third-order valence-corrected chi connectivity index (χ3v) is 6.93. The fourth-order valence-electron chi connectivity index (χ4n) is 5.02. The highest BCUT2D eigenvalue weighted by molar-refractivity contribution is 5.88. The summed E-state index contributed by atoms with van der Waals surface area (Å²) in [5.41, 5.74) is 5.23. The summed E-state index contributed by atoms with van der Waals surface area (Å²) in [6.45, 7) is 3.16. The number of benzene rings is 1. The number of carbonyl (C=O) groups excluding carboxylic acids is 1. The summed E-state index contributed by atoms with van der Waals surface area (Å²) in [7, 11) is 1.45. The van der Waals surface area contributed by atoms with Crippen LogP contribution in [0.2, 0.25) is 0 Å². The van der Waals surface area contributed by atoms with E-state index in [0.29, 0.717) is 22.0 Å². The van der Waals surface area contributed by atoms with Crippen LogP contribution in [0.5, 0.6) is 5.75 Å². The second kappa shape index (κ2) is 10.2. The number of piperidine rings is 1. The Labute approximate surface area is 222 Å². The molecule has 2 aliphatic heterocycles. The molecule has 0 radical (unpaired) electrons. The van der Waals surface area contributed by atoms with Gasteiger partial charge in [0.2, 0.25) is 0 Å². The average molecular weight is 533 g/mol. The highest BCUT2D eigenvalue weighted by Crippen LogP contribution is 2.32. The van der Waals surface area contributed by atoms with Gasteiger partial charge in [0.05, 0.1) is 12.1 Å². The maximum absolute atomic E-state index is 13.8. The average Bonchev–Trinajstić information content (AvgIpc) is 3.56. The molecule has 39 heavy (non-hydrogen) atoms. The Kier molecular flexibility index (Phi) is 6.76. The van der Waals surface area contributed by atoms with Gasteiger partial charge in [0, 0.05) is 43.3 Å². The molecule has 2 unspecified atom stereocenters. The Hall–Kier alpha value is -4.76. The third kappa shape index (κ3) is 4.36. The van der Waals surface area contributed by atoms with E-state index in [0.717, 1.165) is 19.4 Å². The number of likely N-dealkylation sites (tertiary alicyclic amines) is 1. The zero-order valence-corrected chi connectivity index (χ0v) is 21.5. The van der Waals surface area contributed by atoms with Crippen LogP contribution < -0.4 is 37.9 Å². The van der Waals surface area contributed by atoms with Crippen LogP contribution in [0.25, 0.3) is 10.9 Å². The van der Waals surface area contributed by atoms with Crippen LogP contribution in [-0.4, -0.2) is 62.2 Å². The highest BCUT2D eigenvalue weighted by Gasteiger charge is 2.40. The number of rotatable bonds is 4. The Bertz CT molecular complexity index is 1670. The van der Waals surface area contributed by atoms with Crippen molar-refractivity contribution in [3.63, 3.8) is 0 Å². The monoisotopic (exact) mass is 532 g/mol. The zero-order chi connectivity index (χ0) is 27.8. The molecule has 6 N–H and O–H groups in total. The highest BCUT2D eigenvalue weighted by atomic mass is 16.7. The molecule has 1 aromatic carbocycles. The van der Waals surface area contributed by atoms with Crippen molar-refractivity contribution in [3.8, 4) is 23.7 Å². The Balaban J connectivity index is 1.55. The van der Waals surface area contributed by atoms with Crippen molar-refractivity contribution >= 4 is 28.4 Å². The minimum Gasteiger partial charge on any atom is -0.361 e. The fourth-order valence-corrected chi connectivity index (χ4v) is 5.02. The third-order valence-electron chi connectivity index (χ3n) is 6.93. The molecule has 4 heterocycles. The number of hydroxylamine groups is 1. The number of aromatic nitrogens is 3. The van der Waals surface area contributed by atoms with Crippen LogP contribution in [0.1, 0.15) is 25.3 Å². The van der Waals surface area contributed by atoms with Gasteiger partial charge >= 0.3 is 11.7 Å². The Morgan fingerprint density at radius 3 is 2.82 bits per heavy atom. The predicted molar refractivity (Wildman–Crippen MR) is 143 cm³/mol. The first kappa shape index (κ1) is 25.9. The normalized spacial score (nSPS) is 18.6. The number of nitrogens with two attached hydrogens (primary N) is 2. The Morgan fingerprint density at radius 1 is 1.31 bits per heavy atom. The maximum atomic E-state index is 13.8. The van der Waals surface area contributed by atoms with E-state index in [1.54, 1.807) is 30.2 Å². The molecule has 1 amide bonds. The summed E-state index contributed by atoms with van der Waals surface area (Å²) in [4.78, 5) is 52.8. The van der Waals surface area contributed by atoms with Gasteiger partial charge in [-0.2, -0.15) is 9.83 Å². The molecule has 0 bridgehead atoms. The van der Waals surface area contributed by atoms with E-state index in [2.05, 4.69) is 27.0 Å². The topological polar surface area (TPSA) is 184 Å². The number of hydrogen-bond donors (Lipinski definition) is 4. The number of hydrogen-bond acceptors (Lipinski definition) is 10. The lowest BCUT2D eigenvalue weighted by molar-refractivity contribution is -0.0132. The second-order valence-corrected chi connectivity index (χ2v) is 9.34. The summed E-state index contributed by atoms with van der Waals surface area (Å²) < 4.78 is 1.58. The lowest BCUT2D eigenvalue weighted by Gasteiger charge is -2.39. The van der Waals surface area contributed by atoms with Crippen LogP contribution in [-0.2, 0) is 7.05 Å². The second-order valence-electron chi connectivity index (χ2n) is 9.34. The number of hydrazine groups is 1. The number of aromatic amines is 1.